The van der Waals surface area contributed by atoms with Crippen molar-refractivity contribution in [2.45, 2.75) is 0 Å². The number of aromatic nitrogens is 2. The van der Waals surface area contributed by atoms with Gasteiger partial charge in [0.1, 0.15) is 0 Å². The van der Waals surface area contributed by atoms with Crippen LogP contribution in [0.5, 0.6) is 0 Å². The molecule has 0 saturated heterocycles. The highest BCUT2D eigenvalue weighted by atomic mass is 15.2. The lowest BCUT2D eigenvalue weighted by molar-refractivity contribution is 1.17. The molecule has 1 aliphatic rings. The van der Waals surface area contributed by atoms with Crippen LogP contribution in [-0.4, -0.2) is 9.13 Å². The van der Waals surface area contributed by atoms with E-state index in [1.807, 2.05) is 0 Å². The van der Waals surface area contributed by atoms with Crippen molar-refractivity contribution in [3.63, 3.8) is 0 Å². The largest absolute Gasteiger partial charge is 0.309 e. The van der Waals surface area contributed by atoms with Gasteiger partial charge in [-0.1, -0.05) is 103 Å². The maximum Gasteiger partial charge on any atom is 0.0562 e. The van der Waals surface area contributed by atoms with Gasteiger partial charge in [-0.25, -0.2) is 0 Å². The Morgan fingerprint density at radius 3 is 1.51 bits per heavy atom. The number of benzene rings is 8. The summed E-state index contributed by atoms with van der Waals surface area (Å²) < 4.78 is 4.80. The molecule has 3 nitrogen and oxygen atoms in total. The smallest absolute Gasteiger partial charge is 0.0562 e. The second kappa shape index (κ2) is 9.96. The van der Waals surface area contributed by atoms with E-state index >= 15 is 0 Å². The van der Waals surface area contributed by atoms with E-state index in [9.17, 15) is 0 Å². The van der Waals surface area contributed by atoms with Crippen LogP contribution in [0.25, 0.3) is 76.9 Å². The number of para-hydroxylation sites is 4. The fourth-order valence-corrected chi connectivity index (χ4v) is 8.35. The van der Waals surface area contributed by atoms with E-state index in [4.69, 9.17) is 0 Å². The zero-order chi connectivity index (χ0) is 32.1. The van der Waals surface area contributed by atoms with Crippen LogP contribution in [0.3, 0.4) is 0 Å². The van der Waals surface area contributed by atoms with Gasteiger partial charge in [-0.15, -0.1) is 0 Å². The summed E-state index contributed by atoms with van der Waals surface area (Å²) >= 11 is 0. The molecule has 0 bridgehead atoms. The van der Waals surface area contributed by atoms with Crippen LogP contribution in [0.1, 0.15) is 0 Å². The standard InChI is InChI=1S/C46H29N3/c1-2-14-31(15-3-1)48-42-22-9-6-18-36(42)38-28-39-37-19-10-12-30-13-11-23-43(46(30)37)49(45(39)29-44(38)48)33-26-24-32(25-27-33)47-40-20-7-4-16-34(40)35-17-5-8-21-41(35)47/h1-29H. The first kappa shape index (κ1) is 26.5. The first-order valence-electron chi connectivity index (χ1n) is 16.9. The predicted molar refractivity (Wildman–Crippen MR) is 206 cm³/mol. The molecule has 0 radical (unpaired) electrons. The summed E-state index contributed by atoms with van der Waals surface area (Å²) in [7, 11) is 0. The van der Waals surface area contributed by atoms with Gasteiger partial charge in [-0.2, -0.15) is 0 Å². The minimum atomic E-state index is 1.13. The third-order valence-corrected chi connectivity index (χ3v) is 10.4. The van der Waals surface area contributed by atoms with Crippen molar-refractivity contribution in [3.8, 4) is 22.5 Å². The second-order valence-corrected chi connectivity index (χ2v) is 13.0. The summed E-state index contributed by atoms with van der Waals surface area (Å²) in [5, 5.41) is 7.60. The van der Waals surface area contributed by atoms with Crippen molar-refractivity contribution < 1.29 is 0 Å². The topological polar surface area (TPSA) is 13.1 Å². The lowest BCUT2D eigenvalue weighted by Gasteiger charge is -2.34. The minimum absolute atomic E-state index is 1.13. The van der Waals surface area contributed by atoms with E-state index in [0.29, 0.717) is 0 Å². The Kier molecular flexibility index (Phi) is 5.38. The molecular weight excluding hydrogens is 595 g/mol. The van der Waals surface area contributed by atoms with Crippen LogP contribution in [0.15, 0.2) is 176 Å². The van der Waals surface area contributed by atoms with Crippen molar-refractivity contribution in [1.29, 1.82) is 0 Å². The molecule has 228 valence electrons. The van der Waals surface area contributed by atoms with Gasteiger partial charge in [-0.3, -0.25) is 0 Å². The van der Waals surface area contributed by atoms with Gasteiger partial charge in [0.15, 0.2) is 0 Å². The zero-order valence-corrected chi connectivity index (χ0v) is 26.6. The summed E-state index contributed by atoms with van der Waals surface area (Å²) in [5.74, 6) is 0. The van der Waals surface area contributed by atoms with Gasteiger partial charge >= 0.3 is 0 Å². The van der Waals surface area contributed by atoms with Gasteiger partial charge in [0.2, 0.25) is 0 Å². The van der Waals surface area contributed by atoms with Crippen LogP contribution in [-0.2, 0) is 0 Å². The quantitative estimate of drug-likeness (QED) is 0.191. The Morgan fingerprint density at radius 2 is 0.837 bits per heavy atom. The molecule has 0 aliphatic carbocycles. The van der Waals surface area contributed by atoms with Crippen molar-refractivity contribution >= 4 is 71.4 Å². The molecule has 49 heavy (non-hydrogen) atoms. The molecule has 2 aromatic heterocycles. The van der Waals surface area contributed by atoms with Crippen LogP contribution in [0.2, 0.25) is 0 Å². The second-order valence-electron chi connectivity index (χ2n) is 13.0. The maximum atomic E-state index is 2.47. The molecule has 1 aliphatic heterocycles. The lowest BCUT2D eigenvalue weighted by atomic mass is 9.90. The van der Waals surface area contributed by atoms with Gasteiger partial charge in [-0.05, 0) is 83.7 Å². The third kappa shape index (κ3) is 3.67. The van der Waals surface area contributed by atoms with Crippen LogP contribution in [0.4, 0.5) is 17.1 Å². The molecule has 0 spiro atoms. The Labute approximate surface area is 283 Å². The fourth-order valence-electron chi connectivity index (χ4n) is 8.35. The highest BCUT2D eigenvalue weighted by Gasteiger charge is 2.28. The summed E-state index contributed by atoms with van der Waals surface area (Å²) in [6.07, 6.45) is 0. The van der Waals surface area contributed by atoms with E-state index in [1.54, 1.807) is 0 Å². The first-order valence-corrected chi connectivity index (χ1v) is 16.9. The Bertz CT molecular complexity index is 2870. The summed E-state index contributed by atoms with van der Waals surface area (Å²) in [6, 6.07) is 64.3. The number of fused-ring (bicyclic) bond motifs is 8. The number of anilines is 3. The third-order valence-electron chi connectivity index (χ3n) is 10.4. The van der Waals surface area contributed by atoms with Crippen molar-refractivity contribution in [1.82, 2.24) is 9.13 Å². The molecule has 11 rings (SSSR count). The van der Waals surface area contributed by atoms with Gasteiger partial charge in [0.05, 0.1) is 33.4 Å². The number of rotatable bonds is 3. The van der Waals surface area contributed by atoms with E-state index in [1.165, 1.54) is 76.9 Å². The number of nitrogens with zero attached hydrogens (tertiary/aromatic N) is 3. The average Bonchev–Trinajstić information content (AvgIpc) is 3.67. The lowest BCUT2D eigenvalue weighted by Crippen LogP contribution is -2.15. The number of hydrogen-bond acceptors (Lipinski definition) is 1. The Balaban J connectivity index is 1.18. The van der Waals surface area contributed by atoms with Gasteiger partial charge in [0, 0.05) is 49.6 Å². The Morgan fingerprint density at radius 1 is 0.306 bits per heavy atom. The number of hydrogen-bond donors (Lipinski definition) is 0. The molecule has 0 fully saturated rings. The highest BCUT2D eigenvalue weighted by molar-refractivity contribution is 6.19. The minimum Gasteiger partial charge on any atom is -0.309 e. The average molecular weight is 624 g/mol. The molecule has 3 heterocycles. The van der Waals surface area contributed by atoms with E-state index in [-0.39, 0.29) is 0 Å². The monoisotopic (exact) mass is 623 g/mol. The molecule has 0 N–H and O–H groups in total. The van der Waals surface area contributed by atoms with E-state index in [0.717, 1.165) is 17.1 Å². The van der Waals surface area contributed by atoms with Crippen molar-refractivity contribution in [2.75, 3.05) is 4.90 Å². The predicted octanol–water partition coefficient (Wildman–Crippen LogP) is 12.5. The van der Waals surface area contributed by atoms with Crippen molar-refractivity contribution in [3.05, 3.63) is 176 Å². The summed E-state index contributed by atoms with van der Waals surface area (Å²) in [6.45, 7) is 0. The van der Waals surface area contributed by atoms with Crippen LogP contribution in [0, 0.1) is 0 Å². The van der Waals surface area contributed by atoms with E-state index in [2.05, 4.69) is 190 Å². The zero-order valence-electron chi connectivity index (χ0n) is 26.6. The molecule has 0 unspecified atom stereocenters. The molecular formula is C46H29N3. The molecule has 3 heteroatoms. The normalized spacial score (nSPS) is 12.4. The Hall–Kier alpha value is -6.58. The van der Waals surface area contributed by atoms with E-state index < -0.39 is 0 Å². The van der Waals surface area contributed by atoms with Crippen LogP contribution >= 0.6 is 0 Å². The summed E-state index contributed by atoms with van der Waals surface area (Å²) in [4.78, 5) is 2.47. The van der Waals surface area contributed by atoms with Gasteiger partial charge in [0.25, 0.3) is 0 Å². The molecule has 0 atom stereocenters. The molecule has 0 saturated carbocycles. The maximum absolute atomic E-state index is 2.47. The SMILES string of the molecule is c1ccc(-n2c3ccccc3c3cc4c(cc32)N(c2ccc(-n3c5ccccc5c5ccccc53)cc2)c2cccc3cccc-4c23)cc1. The van der Waals surface area contributed by atoms with Gasteiger partial charge < -0.3 is 14.0 Å². The first-order chi connectivity index (χ1) is 24.3. The fraction of sp³-hybridized carbons (Fsp3) is 0. The molecule has 0 amide bonds. The molecule has 10 aromatic rings. The summed E-state index contributed by atoms with van der Waals surface area (Å²) in [5.41, 5.74) is 13.2. The van der Waals surface area contributed by atoms with Crippen molar-refractivity contribution in [2.24, 2.45) is 0 Å². The molecule has 8 aromatic carbocycles. The highest BCUT2D eigenvalue weighted by Crippen LogP contribution is 2.53. The van der Waals surface area contributed by atoms with Crippen LogP contribution < -0.4 is 4.90 Å².